The Morgan fingerprint density at radius 2 is 2.05 bits per heavy atom. The predicted octanol–water partition coefficient (Wildman–Crippen LogP) is 3.49. The number of para-hydroxylation sites is 1. The van der Waals surface area contributed by atoms with Crippen LogP contribution in [0, 0.1) is 11.2 Å². The first-order valence-electron chi connectivity index (χ1n) is 7.10. The van der Waals surface area contributed by atoms with Gasteiger partial charge in [-0.05, 0) is 23.8 Å². The lowest BCUT2D eigenvalue weighted by Crippen LogP contribution is -2.32. The molecule has 2 aliphatic rings. The lowest BCUT2D eigenvalue weighted by molar-refractivity contribution is 0.199. The zero-order valence-corrected chi connectivity index (χ0v) is 11.5. The van der Waals surface area contributed by atoms with Crippen LogP contribution in [0.15, 0.2) is 42.5 Å². The Kier molecular flexibility index (Phi) is 2.70. The third-order valence-corrected chi connectivity index (χ3v) is 4.26. The number of nitrogens with one attached hydrogen (secondary N) is 1. The van der Waals surface area contributed by atoms with E-state index in [1.807, 2.05) is 23.1 Å². The predicted molar refractivity (Wildman–Crippen MR) is 78.1 cm³/mol. The summed E-state index contributed by atoms with van der Waals surface area (Å²) in [5.41, 5.74) is 2.84. The average Bonchev–Trinajstić information content (AvgIpc) is 2.83. The molecule has 0 radical (unpaired) electrons. The molecule has 2 aromatic carbocycles. The summed E-state index contributed by atoms with van der Waals surface area (Å²) in [6.45, 7) is 1.31. The van der Waals surface area contributed by atoms with E-state index in [0.717, 1.165) is 23.3 Å². The molecule has 1 atom stereocenters. The van der Waals surface area contributed by atoms with Gasteiger partial charge in [0.1, 0.15) is 17.4 Å². The molecule has 106 valence electrons. The SMILES string of the molecule is N=C1c2cc(F)ccc2CN1C1CCOc2ccccc21. The van der Waals surface area contributed by atoms with Crippen molar-refractivity contribution in [2.24, 2.45) is 0 Å². The van der Waals surface area contributed by atoms with Gasteiger partial charge in [-0.2, -0.15) is 0 Å². The summed E-state index contributed by atoms with van der Waals surface area (Å²) in [5.74, 6) is 1.02. The topological polar surface area (TPSA) is 36.3 Å². The van der Waals surface area contributed by atoms with Crippen LogP contribution in [-0.4, -0.2) is 17.3 Å². The average molecular weight is 282 g/mol. The fourth-order valence-electron chi connectivity index (χ4n) is 3.24. The minimum atomic E-state index is -0.285. The molecule has 0 fully saturated rings. The largest absolute Gasteiger partial charge is 0.493 e. The van der Waals surface area contributed by atoms with Gasteiger partial charge < -0.3 is 9.64 Å². The first-order chi connectivity index (χ1) is 10.2. The molecule has 4 rings (SSSR count). The van der Waals surface area contributed by atoms with Crippen LogP contribution in [0.1, 0.15) is 29.2 Å². The van der Waals surface area contributed by atoms with E-state index in [4.69, 9.17) is 10.1 Å². The minimum Gasteiger partial charge on any atom is -0.493 e. The molecule has 0 amide bonds. The molecule has 0 aliphatic carbocycles. The van der Waals surface area contributed by atoms with E-state index >= 15 is 0 Å². The van der Waals surface area contributed by atoms with Gasteiger partial charge in [0.2, 0.25) is 0 Å². The van der Waals surface area contributed by atoms with Gasteiger partial charge in [0.25, 0.3) is 0 Å². The van der Waals surface area contributed by atoms with Gasteiger partial charge in [-0.25, -0.2) is 4.39 Å². The third-order valence-electron chi connectivity index (χ3n) is 4.26. The zero-order valence-electron chi connectivity index (χ0n) is 11.5. The van der Waals surface area contributed by atoms with Gasteiger partial charge in [0, 0.05) is 24.1 Å². The molecule has 0 aromatic heterocycles. The lowest BCUT2D eigenvalue weighted by atomic mass is 9.99. The van der Waals surface area contributed by atoms with Crippen molar-refractivity contribution < 1.29 is 9.13 Å². The molecule has 0 bridgehead atoms. The molecule has 1 unspecified atom stereocenters. The van der Waals surface area contributed by atoms with E-state index < -0.39 is 0 Å². The normalized spacial score (nSPS) is 20.0. The number of amidine groups is 1. The maximum absolute atomic E-state index is 13.4. The number of nitrogens with zero attached hydrogens (tertiary/aromatic N) is 1. The summed E-state index contributed by atoms with van der Waals surface area (Å²) in [4.78, 5) is 2.05. The maximum Gasteiger partial charge on any atom is 0.129 e. The van der Waals surface area contributed by atoms with E-state index in [1.54, 1.807) is 6.07 Å². The molecule has 21 heavy (non-hydrogen) atoms. The number of fused-ring (bicyclic) bond motifs is 2. The van der Waals surface area contributed by atoms with Gasteiger partial charge >= 0.3 is 0 Å². The second kappa shape index (κ2) is 4.58. The van der Waals surface area contributed by atoms with Crippen LogP contribution < -0.4 is 4.74 Å². The van der Waals surface area contributed by atoms with Gasteiger partial charge in [-0.3, -0.25) is 5.41 Å². The Morgan fingerprint density at radius 3 is 2.95 bits per heavy atom. The summed E-state index contributed by atoms with van der Waals surface area (Å²) in [6.07, 6.45) is 0.843. The highest BCUT2D eigenvalue weighted by Crippen LogP contribution is 2.39. The fourth-order valence-corrected chi connectivity index (χ4v) is 3.24. The van der Waals surface area contributed by atoms with Crippen LogP contribution in [0.4, 0.5) is 4.39 Å². The second-order valence-electron chi connectivity index (χ2n) is 5.47. The van der Waals surface area contributed by atoms with Gasteiger partial charge in [-0.15, -0.1) is 0 Å². The van der Waals surface area contributed by atoms with E-state index in [-0.39, 0.29) is 11.9 Å². The highest BCUT2D eigenvalue weighted by atomic mass is 19.1. The summed E-state index contributed by atoms with van der Waals surface area (Å²) in [5, 5.41) is 8.38. The number of hydrogen-bond acceptors (Lipinski definition) is 2. The van der Waals surface area contributed by atoms with E-state index in [1.165, 1.54) is 12.1 Å². The number of benzene rings is 2. The second-order valence-corrected chi connectivity index (χ2v) is 5.47. The van der Waals surface area contributed by atoms with E-state index in [9.17, 15) is 4.39 Å². The van der Waals surface area contributed by atoms with Crippen molar-refractivity contribution >= 4 is 5.84 Å². The van der Waals surface area contributed by atoms with Crippen molar-refractivity contribution in [2.75, 3.05) is 6.61 Å². The van der Waals surface area contributed by atoms with Crippen molar-refractivity contribution in [1.29, 1.82) is 5.41 Å². The van der Waals surface area contributed by atoms with E-state index in [2.05, 4.69) is 6.07 Å². The Balaban J connectivity index is 1.72. The first-order valence-corrected chi connectivity index (χ1v) is 7.10. The third kappa shape index (κ3) is 1.90. The van der Waals surface area contributed by atoms with Crippen molar-refractivity contribution in [3.8, 4) is 5.75 Å². The Morgan fingerprint density at radius 1 is 1.19 bits per heavy atom. The zero-order chi connectivity index (χ0) is 14.4. The number of rotatable bonds is 1. The molecule has 0 saturated carbocycles. The van der Waals surface area contributed by atoms with Crippen molar-refractivity contribution in [1.82, 2.24) is 4.90 Å². The van der Waals surface area contributed by atoms with Crippen molar-refractivity contribution in [2.45, 2.75) is 19.0 Å². The molecule has 3 nitrogen and oxygen atoms in total. The lowest BCUT2D eigenvalue weighted by Gasteiger charge is -2.34. The highest BCUT2D eigenvalue weighted by Gasteiger charge is 2.34. The number of halogens is 1. The van der Waals surface area contributed by atoms with E-state index in [0.29, 0.717) is 24.6 Å². The maximum atomic E-state index is 13.4. The van der Waals surface area contributed by atoms with Crippen LogP contribution in [0.3, 0.4) is 0 Å². The van der Waals surface area contributed by atoms with Crippen LogP contribution in [0.25, 0.3) is 0 Å². The quantitative estimate of drug-likeness (QED) is 0.869. The molecule has 4 heteroatoms. The van der Waals surface area contributed by atoms with Crippen LogP contribution in [0.5, 0.6) is 5.75 Å². The Labute approximate surface area is 122 Å². The molecular weight excluding hydrogens is 267 g/mol. The van der Waals surface area contributed by atoms with Gasteiger partial charge in [-0.1, -0.05) is 24.3 Å². The Hall–Kier alpha value is -2.36. The summed E-state index contributed by atoms with van der Waals surface area (Å²) in [7, 11) is 0. The minimum absolute atomic E-state index is 0.123. The molecule has 0 saturated heterocycles. The molecule has 2 aliphatic heterocycles. The number of ether oxygens (including phenoxy) is 1. The standard InChI is InChI=1S/C17H15FN2O/c18-12-6-5-11-10-20(17(19)14(11)9-12)15-7-8-21-16-4-2-1-3-13(15)16/h1-6,9,15,19H,7-8,10H2. The molecule has 2 heterocycles. The van der Waals surface area contributed by atoms with Crippen LogP contribution >= 0.6 is 0 Å². The number of hydrogen-bond donors (Lipinski definition) is 1. The first kappa shape index (κ1) is 12.4. The summed E-state index contributed by atoms with van der Waals surface area (Å²) in [6, 6.07) is 12.8. The molecule has 2 aromatic rings. The Bertz CT molecular complexity index is 728. The van der Waals surface area contributed by atoms with Crippen molar-refractivity contribution in [3.05, 3.63) is 65.0 Å². The van der Waals surface area contributed by atoms with Gasteiger partial charge in [0.05, 0.1) is 12.6 Å². The van der Waals surface area contributed by atoms with Crippen LogP contribution in [-0.2, 0) is 6.54 Å². The summed E-state index contributed by atoms with van der Waals surface area (Å²) < 4.78 is 19.1. The monoisotopic (exact) mass is 282 g/mol. The highest BCUT2D eigenvalue weighted by molar-refractivity contribution is 6.00. The molecule has 1 N–H and O–H groups in total. The van der Waals surface area contributed by atoms with Gasteiger partial charge in [0.15, 0.2) is 0 Å². The molecule has 0 spiro atoms. The smallest absolute Gasteiger partial charge is 0.129 e. The fraction of sp³-hybridized carbons (Fsp3) is 0.235. The summed E-state index contributed by atoms with van der Waals surface area (Å²) >= 11 is 0. The van der Waals surface area contributed by atoms with Crippen LogP contribution in [0.2, 0.25) is 0 Å². The van der Waals surface area contributed by atoms with Crippen molar-refractivity contribution in [3.63, 3.8) is 0 Å². The molecular formula is C17H15FN2O.